The smallest absolute Gasteiger partial charge is 0.294 e. The van der Waals surface area contributed by atoms with E-state index < -0.39 is 0 Å². The molecule has 2 aromatic carbocycles. The number of imidazole rings is 1. The molecular weight excluding hydrogens is 340 g/mol. The van der Waals surface area contributed by atoms with Crippen molar-refractivity contribution in [2.45, 2.75) is 19.1 Å². The highest BCUT2D eigenvalue weighted by molar-refractivity contribution is 5.56. The third-order valence-corrected chi connectivity index (χ3v) is 4.82. The fourth-order valence-corrected chi connectivity index (χ4v) is 3.48. The Balaban J connectivity index is 1.44. The topological polar surface area (TPSA) is 66.0 Å². The normalized spacial score (nSPS) is 16.2. The van der Waals surface area contributed by atoms with Gasteiger partial charge in [-0.1, -0.05) is 59.8 Å². The molecular formula is C21H18N4O2. The molecule has 0 saturated carbocycles. The Kier molecular flexibility index (Phi) is 4.03. The average Bonchev–Trinajstić information content (AvgIpc) is 3.38. The van der Waals surface area contributed by atoms with Crippen molar-refractivity contribution in [3.63, 3.8) is 0 Å². The summed E-state index contributed by atoms with van der Waals surface area (Å²) in [5, 5.41) is 4.10. The lowest BCUT2D eigenvalue weighted by atomic mass is 9.97. The quantitative estimate of drug-likeness (QED) is 0.553. The molecule has 6 nitrogen and oxygen atoms in total. The standard InChI is InChI=1S/C21H18N4O2/c1-2-7-16(8-3-1)19-23-21(27-24-19)20-22-11-12-25(20)14-18-17-9-5-4-6-15(17)10-13-26-18/h1-9,11-12,18H,10,13-14H2/t18-/m0/s1. The van der Waals surface area contributed by atoms with Crippen LogP contribution >= 0.6 is 0 Å². The number of benzene rings is 2. The SMILES string of the molecule is c1ccc(-c2noc(-c3nccn3C[C@@H]3OCCc4ccccc43)n2)cc1. The molecule has 3 heterocycles. The first-order valence-corrected chi connectivity index (χ1v) is 8.98. The number of nitrogens with zero attached hydrogens (tertiary/aromatic N) is 4. The Morgan fingerprint density at radius 2 is 1.89 bits per heavy atom. The van der Waals surface area contributed by atoms with Gasteiger partial charge in [0.1, 0.15) is 6.10 Å². The zero-order chi connectivity index (χ0) is 18.1. The zero-order valence-corrected chi connectivity index (χ0v) is 14.7. The molecule has 6 heteroatoms. The van der Waals surface area contributed by atoms with Crippen LogP contribution in [0.1, 0.15) is 17.2 Å². The van der Waals surface area contributed by atoms with Gasteiger partial charge in [0.25, 0.3) is 5.89 Å². The lowest BCUT2D eigenvalue weighted by molar-refractivity contribution is 0.0308. The van der Waals surface area contributed by atoms with Crippen molar-refractivity contribution in [2.24, 2.45) is 0 Å². The van der Waals surface area contributed by atoms with Gasteiger partial charge in [0, 0.05) is 18.0 Å². The van der Waals surface area contributed by atoms with Crippen molar-refractivity contribution >= 4 is 0 Å². The molecule has 0 fully saturated rings. The van der Waals surface area contributed by atoms with Crippen LogP contribution < -0.4 is 0 Å². The molecule has 1 aliphatic rings. The summed E-state index contributed by atoms with van der Waals surface area (Å²) < 4.78 is 13.5. The van der Waals surface area contributed by atoms with E-state index in [1.807, 2.05) is 41.1 Å². The van der Waals surface area contributed by atoms with Crippen molar-refractivity contribution in [1.29, 1.82) is 0 Å². The lowest BCUT2D eigenvalue weighted by Crippen LogP contribution is -2.20. The van der Waals surface area contributed by atoms with Crippen LogP contribution in [0.4, 0.5) is 0 Å². The van der Waals surface area contributed by atoms with E-state index in [0.717, 1.165) is 18.6 Å². The maximum absolute atomic E-state index is 6.03. The molecule has 0 radical (unpaired) electrons. The fourth-order valence-electron chi connectivity index (χ4n) is 3.48. The monoisotopic (exact) mass is 358 g/mol. The first kappa shape index (κ1) is 16.0. The van der Waals surface area contributed by atoms with Crippen LogP contribution in [0, 0.1) is 0 Å². The van der Waals surface area contributed by atoms with Crippen LogP contribution in [0.25, 0.3) is 23.1 Å². The Bertz CT molecular complexity index is 1050. The van der Waals surface area contributed by atoms with Gasteiger partial charge in [-0.25, -0.2) is 4.98 Å². The van der Waals surface area contributed by atoms with Crippen molar-refractivity contribution < 1.29 is 9.26 Å². The van der Waals surface area contributed by atoms with Gasteiger partial charge < -0.3 is 13.8 Å². The minimum atomic E-state index is -0.0144. The molecule has 5 rings (SSSR count). The maximum Gasteiger partial charge on any atom is 0.294 e. The largest absolute Gasteiger partial charge is 0.371 e. The zero-order valence-electron chi connectivity index (χ0n) is 14.7. The van der Waals surface area contributed by atoms with Gasteiger partial charge in [-0.2, -0.15) is 4.98 Å². The number of hydrogen-bond donors (Lipinski definition) is 0. The first-order chi connectivity index (χ1) is 13.4. The predicted molar refractivity (Wildman–Crippen MR) is 99.8 cm³/mol. The van der Waals surface area contributed by atoms with E-state index in [0.29, 0.717) is 24.1 Å². The van der Waals surface area contributed by atoms with Gasteiger partial charge in [-0.05, 0) is 17.5 Å². The van der Waals surface area contributed by atoms with Crippen LogP contribution in [0.5, 0.6) is 0 Å². The van der Waals surface area contributed by atoms with Crippen molar-refractivity contribution in [3.8, 4) is 23.1 Å². The van der Waals surface area contributed by atoms with E-state index in [2.05, 4.69) is 39.4 Å². The maximum atomic E-state index is 6.03. The first-order valence-electron chi connectivity index (χ1n) is 8.98. The summed E-state index contributed by atoms with van der Waals surface area (Å²) in [6, 6.07) is 18.2. The van der Waals surface area contributed by atoms with Gasteiger partial charge >= 0.3 is 0 Å². The molecule has 4 aromatic rings. The van der Waals surface area contributed by atoms with E-state index >= 15 is 0 Å². The highest BCUT2D eigenvalue weighted by Gasteiger charge is 2.23. The van der Waals surface area contributed by atoms with Crippen molar-refractivity contribution in [2.75, 3.05) is 6.61 Å². The summed E-state index contributed by atoms with van der Waals surface area (Å²) in [5.41, 5.74) is 3.49. The van der Waals surface area contributed by atoms with Gasteiger partial charge in [0.2, 0.25) is 5.82 Å². The highest BCUT2D eigenvalue weighted by Crippen LogP contribution is 2.30. The molecule has 134 valence electrons. The van der Waals surface area contributed by atoms with Gasteiger partial charge in [0.05, 0.1) is 13.2 Å². The second-order valence-electron chi connectivity index (χ2n) is 6.50. The summed E-state index contributed by atoms with van der Waals surface area (Å²) in [5.74, 6) is 1.61. The number of aromatic nitrogens is 4. The molecule has 0 spiro atoms. The number of rotatable bonds is 4. The third-order valence-electron chi connectivity index (χ3n) is 4.82. The minimum absolute atomic E-state index is 0.0144. The van der Waals surface area contributed by atoms with E-state index in [1.165, 1.54) is 11.1 Å². The number of fused-ring (bicyclic) bond motifs is 1. The van der Waals surface area contributed by atoms with Gasteiger partial charge in [-0.3, -0.25) is 0 Å². The average molecular weight is 358 g/mol. The van der Waals surface area contributed by atoms with Gasteiger partial charge in [-0.15, -0.1) is 0 Å². The third kappa shape index (κ3) is 3.04. The van der Waals surface area contributed by atoms with E-state index in [1.54, 1.807) is 6.20 Å². The van der Waals surface area contributed by atoms with E-state index in [4.69, 9.17) is 9.26 Å². The van der Waals surface area contributed by atoms with Crippen LogP contribution in [-0.4, -0.2) is 26.3 Å². The Labute approximate surface area is 156 Å². The molecule has 0 amide bonds. The van der Waals surface area contributed by atoms with Crippen LogP contribution in [0.15, 0.2) is 71.5 Å². The summed E-state index contributed by atoms with van der Waals surface area (Å²) in [7, 11) is 0. The molecule has 0 unspecified atom stereocenters. The summed E-state index contributed by atoms with van der Waals surface area (Å²) in [6.45, 7) is 1.37. The lowest BCUT2D eigenvalue weighted by Gasteiger charge is -2.26. The fraction of sp³-hybridized carbons (Fsp3) is 0.190. The Hall–Kier alpha value is -3.25. The van der Waals surface area contributed by atoms with Crippen LogP contribution in [0.2, 0.25) is 0 Å². The Morgan fingerprint density at radius 1 is 1.04 bits per heavy atom. The molecule has 2 aromatic heterocycles. The number of hydrogen-bond acceptors (Lipinski definition) is 5. The Morgan fingerprint density at radius 3 is 2.81 bits per heavy atom. The summed E-state index contributed by atoms with van der Waals surface area (Å²) >= 11 is 0. The van der Waals surface area contributed by atoms with Crippen LogP contribution in [-0.2, 0) is 17.7 Å². The van der Waals surface area contributed by atoms with Gasteiger partial charge in [0.15, 0.2) is 5.82 Å². The highest BCUT2D eigenvalue weighted by atomic mass is 16.5. The summed E-state index contributed by atoms with van der Waals surface area (Å²) in [4.78, 5) is 8.95. The van der Waals surface area contributed by atoms with Crippen molar-refractivity contribution in [3.05, 3.63) is 78.1 Å². The van der Waals surface area contributed by atoms with Crippen LogP contribution in [0.3, 0.4) is 0 Å². The second kappa shape index (κ2) is 6.81. The van der Waals surface area contributed by atoms with Crippen molar-refractivity contribution in [1.82, 2.24) is 19.7 Å². The second-order valence-corrected chi connectivity index (χ2v) is 6.50. The molecule has 1 atom stereocenters. The predicted octanol–water partition coefficient (Wildman–Crippen LogP) is 3.91. The molecule has 27 heavy (non-hydrogen) atoms. The number of ether oxygens (including phenoxy) is 1. The van der Waals surface area contributed by atoms with E-state index in [9.17, 15) is 0 Å². The minimum Gasteiger partial charge on any atom is -0.371 e. The molecule has 0 bridgehead atoms. The molecule has 0 saturated heterocycles. The molecule has 0 N–H and O–H groups in total. The molecule has 1 aliphatic heterocycles. The van der Waals surface area contributed by atoms with E-state index in [-0.39, 0.29) is 6.10 Å². The molecule has 0 aliphatic carbocycles. The summed E-state index contributed by atoms with van der Waals surface area (Å²) in [6.07, 6.45) is 4.60.